The summed E-state index contributed by atoms with van der Waals surface area (Å²) < 4.78 is 31.2. The van der Waals surface area contributed by atoms with Crippen molar-refractivity contribution in [1.82, 2.24) is 19.6 Å². The van der Waals surface area contributed by atoms with Crippen LogP contribution in [0.2, 0.25) is 0 Å². The van der Waals surface area contributed by atoms with Crippen LogP contribution in [0.3, 0.4) is 0 Å². The molecular formula is C34H33F2N5O3S. The molecule has 3 heterocycles. The number of thioether (sulfide) groups is 1. The first kappa shape index (κ1) is 30.5. The predicted molar refractivity (Wildman–Crippen MR) is 170 cm³/mol. The van der Waals surface area contributed by atoms with Gasteiger partial charge in [0, 0.05) is 55.9 Å². The Morgan fingerprint density at radius 1 is 0.933 bits per heavy atom. The highest BCUT2D eigenvalue weighted by Gasteiger charge is 2.39. The van der Waals surface area contributed by atoms with Crippen LogP contribution in [0.1, 0.15) is 34.4 Å². The number of rotatable bonds is 5. The minimum atomic E-state index is -0.725. The van der Waals surface area contributed by atoms with Gasteiger partial charge in [0.2, 0.25) is 17.7 Å². The highest BCUT2D eigenvalue weighted by Crippen LogP contribution is 2.49. The zero-order valence-electron chi connectivity index (χ0n) is 25.3. The van der Waals surface area contributed by atoms with Crippen molar-refractivity contribution < 1.29 is 23.2 Å². The molecule has 1 fully saturated rings. The van der Waals surface area contributed by atoms with E-state index in [1.54, 1.807) is 14.5 Å². The first-order chi connectivity index (χ1) is 21.6. The maximum absolute atomic E-state index is 15.5. The lowest BCUT2D eigenvalue weighted by molar-refractivity contribution is -0.137. The maximum Gasteiger partial charge on any atom is 0.242 e. The van der Waals surface area contributed by atoms with E-state index in [1.807, 2.05) is 62.4 Å². The number of aryl methyl sites for hydroxylation is 2. The molecule has 8 nitrogen and oxygen atoms in total. The molecule has 11 heteroatoms. The van der Waals surface area contributed by atoms with Crippen molar-refractivity contribution in [2.24, 2.45) is 0 Å². The Kier molecular flexibility index (Phi) is 8.46. The lowest BCUT2D eigenvalue weighted by Gasteiger charge is -2.35. The summed E-state index contributed by atoms with van der Waals surface area (Å²) in [5.41, 5.74) is 4.75. The zero-order valence-corrected chi connectivity index (χ0v) is 26.1. The number of hydrogen-bond donors (Lipinski definition) is 0. The molecule has 0 bridgehead atoms. The standard InChI is InChI=1S/C34H33F2N5O3S/c1-21-9-12-28(22(2)17-21)41-34-31(32(37-41)24-7-5-4-6-8-24)33(26-11-10-25(35)18-27(26)36)45-20-30(44)40(34)19-29(43)39-15-13-38(14-16-39)23(3)42/h4-12,17-18,33H,13-16,19-20H2,1-3H3. The maximum atomic E-state index is 15.5. The van der Waals surface area contributed by atoms with Gasteiger partial charge >= 0.3 is 0 Å². The Labute approximate surface area is 264 Å². The number of benzene rings is 3. The zero-order chi connectivity index (χ0) is 31.8. The van der Waals surface area contributed by atoms with E-state index in [1.165, 1.54) is 35.7 Å². The van der Waals surface area contributed by atoms with Gasteiger partial charge in [0.25, 0.3) is 0 Å². The van der Waals surface area contributed by atoms with Crippen molar-refractivity contribution >= 4 is 35.3 Å². The van der Waals surface area contributed by atoms with Crippen molar-refractivity contribution in [3.8, 4) is 16.9 Å². The van der Waals surface area contributed by atoms with E-state index in [9.17, 15) is 18.8 Å². The fourth-order valence-corrected chi connectivity index (χ4v) is 7.22. The van der Waals surface area contributed by atoms with Gasteiger partial charge in [0.1, 0.15) is 24.0 Å². The van der Waals surface area contributed by atoms with Gasteiger partial charge in [-0.25, -0.2) is 13.5 Å². The van der Waals surface area contributed by atoms with Crippen molar-refractivity contribution in [3.63, 3.8) is 0 Å². The summed E-state index contributed by atoms with van der Waals surface area (Å²) in [5, 5.41) is 4.34. The molecule has 0 aliphatic carbocycles. The van der Waals surface area contributed by atoms with Crippen LogP contribution < -0.4 is 4.90 Å². The fourth-order valence-electron chi connectivity index (χ4n) is 6.01. The number of nitrogens with zero attached hydrogens (tertiary/aromatic N) is 5. The number of anilines is 1. The molecule has 3 amide bonds. The quantitative estimate of drug-likeness (QED) is 0.300. The highest BCUT2D eigenvalue weighted by molar-refractivity contribution is 8.00. The lowest BCUT2D eigenvalue weighted by Crippen LogP contribution is -2.53. The molecule has 0 radical (unpaired) electrons. The predicted octanol–water partition coefficient (Wildman–Crippen LogP) is 5.29. The molecule has 2 aliphatic heterocycles. The van der Waals surface area contributed by atoms with E-state index < -0.39 is 16.9 Å². The van der Waals surface area contributed by atoms with E-state index in [2.05, 4.69) is 0 Å². The minimum absolute atomic E-state index is 0.0390. The summed E-state index contributed by atoms with van der Waals surface area (Å²) in [7, 11) is 0. The molecule has 45 heavy (non-hydrogen) atoms. The number of aromatic nitrogens is 2. The average molecular weight is 630 g/mol. The van der Waals surface area contributed by atoms with Crippen molar-refractivity contribution in [2.45, 2.75) is 26.0 Å². The summed E-state index contributed by atoms with van der Waals surface area (Å²) >= 11 is 1.23. The third-order valence-electron chi connectivity index (χ3n) is 8.33. The van der Waals surface area contributed by atoms with Gasteiger partial charge < -0.3 is 9.80 Å². The molecule has 6 rings (SSSR count). The smallest absolute Gasteiger partial charge is 0.242 e. The second-order valence-corrected chi connectivity index (χ2v) is 12.5. The van der Waals surface area contributed by atoms with Crippen molar-refractivity contribution in [1.29, 1.82) is 0 Å². The molecule has 0 saturated carbocycles. The lowest BCUT2D eigenvalue weighted by atomic mass is 9.99. The third kappa shape index (κ3) is 5.96. The number of hydrogen-bond acceptors (Lipinski definition) is 5. The van der Waals surface area contributed by atoms with Gasteiger partial charge in [-0.3, -0.25) is 19.3 Å². The third-order valence-corrected chi connectivity index (χ3v) is 9.57. The van der Waals surface area contributed by atoms with Crippen LogP contribution in [-0.2, 0) is 14.4 Å². The second-order valence-electron chi connectivity index (χ2n) is 11.4. The molecule has 1 aromatic heterocycles. The van der Waals surface area contributed by atoms with E-state index >= 15 is 4.39 Å². The molecule has 1 unspecified atom stereocenters. The number of carbonyl (C=O) groups is 3. The first-order valence-corrected chi connectivity index (χ1v) is 15.8. The summed E-state index contributed by atoms with van der Waals surface area (Å²) in [6.45, 7) is 6.74. The number of fused-ring (bicyclic) bond motifs is 1. The largest absolute Gasteiger partial charge is 0.339 e. The first-order valence-electron chi connectivity index (χ1n) is 14.8. The van der Waals surface area contributed by atoms with E-state index in [-0.39, 0.29) is 35.6 Å². The van der Waals surface area contributed by atoms with E-state index in [4.69, 9.17) is 5.10 Å². The Morgan fingerprint density at radius 3 is 2.31 bits per heavy atom. The van der Waals surface area contributed by atoms with Crippen LogP contribution in [0.25, 0.3) is 16.9 Å². The number of carbonyl (C=O) groups excluding carboxylic acids is 3. The van der Waals surface area contributed by atoms with Gasteiger partial charge in [-0.1, -0.05) is 54.1 Å². The summed E-state index contributed by atoms with van der Waals surface area (Å²) in [5.74, 6) is -1.72. The molecule has 0 N–H and O–H groups in total. The topological polar surface area (TPSA) is 78.8 Å². The molecule has 1 atom stereocenters. The molecular weight excluding hydrogens is 596 g/mol. The van der Waals surface area contributed by atoms with Crippen LogP contribution in [0.5, 0.6) is 0 Å². The van der Waals surface area contributed by atoms with E-state index in [0.717, 1.165) is 22.8 Å². The summed E-state index contributed by atoms with van der Waals surface area (Å²) in [6.07, 6.45) is 0. The van der Waals surface area contributed by atoms with Crippen molar-refractivity contribution in [2.75, 3.05) is 43.4 Å². The van der Waals surface area contributed by atoms with Gasteiger partial charge in [-0.15, -0.1) is 11.8 Å². The Balaban J connectivity index is 1.55. The molecule has 4 aromatic rings. The second kappa shape index (κ2) is 12.5. The van der Waals surface area contributed by atoms with Crippen molar-refractivity contribution in [3.05, 3.63) is 101 Å². The fraction of sp³-hybridized carbons (Fsp3) is 0.294. The van der Waals surface area contributed by atoms with Crippen LogP contribution in [-0.4, -0.2) is 75.8 Å². The summed E-state index contributed by atoms with van der Waals surface area (Å²) in [6, 6.07) is 18.8. The van der Waals surface area contributed by atoms with Crippen LogP contribution in [0.4, 0.5) is 14.6 Å². The van der Waals surface area contributed by atoms with Crippen LogP contribution in [0, 0.1) is 25.5 Å². The Hall–Kier alpha value is -4.51. The highest BCUT2D eigenvalue weighted by atomic mass is 32.2. The van der Waals surface area contributed by atoms with Crippen LogP contribution in [0.15, 0.2) is 66.7 Å². The molecule has 232 valence electrons. The van der Waals surface area contributed by atoms with E-state index in [0.29, 0.717) is 48.9 Å². The minimum Gasteiger partial charge on any atom is -0.339 e. The monoisotopic (exact) mass is 629 g/mol. The summed E-state index contributed by atoms with van der Waals surface area (Å²) in [4.78, 5) is 44.5. The number of halogens is 2. The molecule has 0 spiro atoms. The average Bonchev–Trinajstić information content (AvgIpc) is 3.34. The SMILES string of the molecule is CC(=O)N1CCN(C(=O)CN2C(=O)CSC(c3ccc(F)cc3F)c3c(-c4ccccc4)nn(-c4ccc(C)cc4C)c32)CC1. The van der Waals surface area contributed by atoms with Gasteiger partial charge in [-0.05, 0) is 31.5 Å². The molecule has 3 aromatic carbocycles. The number of piperazine rings is 1. The molecule has 2 aliphatic rings. The molecule has 1 saturated heterocycles. The van der Waals surface area contributed by atoms with Gasteiger partial charge in [0.15, 0.2) is 0 Å². The normalized spacial score (nSPS) is 16.9. The van der Waals surface area contributed by atoms with Crippen LogP contribution >= 0.6 is 11.8 Å². The van der Waals surface area contributed by atoms with Gasteiger partial charge in [0.05, 0.1) is 22.4 Å². The Bertz CT molecular complexity index is 1790. The van der Waals surface area contributed by atoms with Gasteiger partial charge in [-0.2, -0.15) is 5.10 Å². The Morgan fingerprint density at radius 2 is 1.64 bits per heavy atom. The number of amides is 3.